The molecule has 0 heterocycles. The number of hydrogen-bond acceptors (Lipinski definition) is 4. The molecule has 0 radical (unpaired) electrons. The Hall–Kier alpha value is -0.420. The fourth-order valence-corrected chi connectivity index (χ4v) is 1.30. The lowest BCUT2D eigenvalue weighted by molar-refractivity contribution is 0.138. The predicted molar refractivity (Wildman–Crippen MR) is 63.0 cm³/mol. The highest BCUT2D eigenvalue weighted by Crippen LogP contribution is 1.97. The highest BCUT2D eigenvalue weighted by molar-refractivity contribution is 4.98. The molecule has 15 heavy (non-hydrogen) atoms. The number of rotatable bonds is 10. The average molecular weight is 216 g/mol. The Kier molecular flexibility index (Phi) is 9.83. The number of nitrogens with zero attached hydrogens (tertiary/aromatic N) is 1. The highest BCUT2D eigenvalue weighted by atomic mass is 16.5. The van der Waals surface area contributed by atoms with Gasteiger partial charge in [0.2, 0.25) is 0 Å². The standard InChI is InChI=1S/C11H24N2O2/c1-11(9-12)10-13(6-8-15-3)5-4-7-14-2/h1,4-10,12H2,2-3H3. The Morgan fingerprint density at radius 1 is 1.20 bits per heavy atom. The summed E-state index contributed by atoms with van der Waals surface area (Å²) in [7, 11) is 3.43. The van der Waals surface area contributed by atoms with E-state index in [1.54, 1.807) is 14.2 Å². The van der Waals surface area contributed by atoms with Gasteiger partial charge in [-0.1, -0.05) is 6.58 Å². The van der Waals surface area contributed by atoms with Crippen molar-refractivity contribution in [3.05, 3.63) is 12.2 Å². The van der Waals surface area contributed by atoms with E-state index in [1.807, 2.05) is 0 Å². The summed E-state index contributed by atoms with van der Waals surface area (Å²) in [4.78, 5) is 2.29. The van der Waals surface area contributed by atoms with Crippen molar-refractivity contribution in [1.29, 1.82) is 0 Å². The Labute approximate surface area is 93.0 Å². The Balaban J connectivity index is 3.77. The summed E-state index contributed by atoms with van der Waals surface area (Å²) in [5.41, 5.74) is 6.58. The van der Waals surface area contributed by atoms with Gasteiger partial charge in [0.05, 0.1) is 6.61 Å². The van der Waals surface area contributed by atoms with Crippen molar-refractivity contribution in [2.24, 2.45) is 5.73 Å². The quantitative estimate of drug-likeness (QED) is 0.426. The Morgan fingerprint density at radius 3 is 2.40 bits per heavy atom. The zero-order valence-electron chi connectivity index (χ0n) is 10.00. The number of methoxy groups -OCH3 is 2. The lowest BCUT2D eigenvalue weighted by Crippen LogP contribution is -2.32. The number of nitrogens with two attached hydrogens (primary N) is 1. The fourth-order valence-electron chi connectivity index (χ4n) is 1.30. The molecule has 0 aromatic heterocycles. The molecule has 0 amide bonds. The van der Waals surface area contributed by atoms with Crippen LogP contribution in [0.15, 0.2) is 12.2 Å². The molecule has 0 spiro atoms. The molecule has 0 aromatic carbocycles. The SMILES string of the molecule is C=C(CN)CN(CCCOC)CCOC. The molecule has 0 saturated heterocycles. The van der Waals surface area contributed by atoms with Gasteiger partial charge in [-0.2, -0.15) is 0 Å². The van der Waals surface area contributed by atoms with Crippen LogP contribution >= 0.6 is 0 Å². The van der Waals surface area contributed by atoms with Crippen LogP contribution < -0.4 is 5.73 Å². The van der Waals surface area contributed by atoms with Gasteiger partial charge in [-0.05, 0) is 12.0 Å². The van der Waals surface area contributed by atoms with Gasteiger partial charge in [0, 0.05) is 47.0 Å². The molecular formula is C11H24N2O2. The lowest BCUT2D eigenvalue weighted by atomic mass is 10.2. The third-order valence-electron chi connectivity index (χ3n) is 2.17. The normalized spacial score (nSPS) is 10.9. The van der Waals surface area contributed by atoms with Crippen LogP contribution in [0.5, 0.6) is 0 Å². The molecule has 0 saturated carbocycles. The average Bonchev–Trinajstić information content (AvgIpc) is 2.25. The molecular weight excluding hydrogens is 192 g/mol. The zero-order valence-corrected chi connectivity index (χ0v) is 10.00. The van der Waals surface area contributed by atoms with Gasteiger partial charge < -0.3 is 15.2 Å². The first kappa shape index (κ1) is 14.6. The summed E-state index contributed by atoms with van der Waals surface area (Å²) in [5, 5.41) is 0. The largest absolute Gasteiger partial charge is 0.385 e. The van der Waals surface area contributed by atoms with E-state index in [4.69, 9.17) is 15.2 Å². The molecule has 4 heteroatoms. The molecule has 90 valence electrons. The molecule has 0 aliphatic rings. The molecule has 4 nitrogen and oxygen atoms in total. The first-order chi connectivity index (χ1) is 7.24. The molecule has 0 unspecified atom stereocenters. The third kappa shape index (κ3) is 8.57. The summed E-state index contributed by atoms with van der Waals surface area (Å²) < 4.78 is 10.1. The van der Waals surface area contributed by atoms with Gasteiger partial charge in [-0.15, -0.1) is 0 Å². The van der Waals surface area contributed by atoms with Crippen LogP contribution in [-0.2, 0) is 9.47 Å². The van der Waals surface area contributed by atoms with Crippen molar-refractivity contribution in [2.45, 2.75) is 6.42 Å². The predicted octanol–water partition coefficient (Wildman–Crippen LogP) is 0.486. The van der Waals surface area contributed by atoms with E-state index in [1.165, 1.54) is 0 Å². The van der Waals surface area contributed by atoms with E-state index in [0.29, 0.717) is 6.54 Å². The van der Waals surface area contributed by atoms with Crippen LogP contribution in [-0.4, -0.2) is 58.5 Å². The molecule has 0 aliphatic carbocycles. The smallest absolute Gasteiger partial charge is 0.0589 e. The van der Waals surface area contributed by atoms with Crippen molar-refractivity contribution >= 4 is 0 Å². The van der Waals surface area contributed by atoms with Crippen LogP contribution in [0.4, 0.5) is 0 Å². The van der Waals surface area contributed by atoms with Crippen molar-refractivity contribution < 1.29 is 9.47 Å². The lowest BCUT2D eigenvalue weighted by Gasteiger charge is -2.22. The van der Waals surface area contributed by atoms with Gasteiger partial charge in [0.25, 0.3) is 0 Å². The van der Waals surface area contributed by atoms with E-state index in [-0.39, 0.29) is 0 Å². The van der Waals surface area contributed by atoms with Gasteiger partial charge in [0.15, 0.2) is 0 Å². The van der Waals surface area contributed by atoms with Gasteiger partial charge in [0.1, 0.15) is 0 Å². The molecule has 2 N–H and O–H groups in total. The summed E-state index contributed by atoms with van der Waals surface area (Å²) in [5.74, 6) is 0. The summed E-state index contributed by atoms with van der Waals surface area (Å²) >= 11 is 0. The third-order valence-corrected chi connectivity index (χ3v) is 2.17. The summed E-state index contributed by atoms with van der Waals surface area (Å²) in [6, 6.07) is 0. The minimum atomic E-state index is 0.549. The first-order valence-corrected chi connectivity index (χ1v) is 5.31. The van der Waals surface area contributed by atoms with E-state index in [9.17, 15) is 0 Å². The molecule has 0 aromatic rings. The van der Waals surface area contributed by atoms with Gasteiger partial charge in [-0.3, -0.25) is 4.90 Å². The van der Waals surface area contributed by atoms with Crippen molar-refractivity contribution in [3.63, 3.8) is 0 Å². The van der Waals surface area contributed by atoms with E-state index < -0.39 is 0 Å². The highest BCUT2D eigenvalue weighted by Gasteiger charge is 2.05. The van der Waals surface area contributed by atoms with Crippen LogP contribution in [0.25, 0.3) is 0 Å². The van der Waals surface area contributed by atoms with Crippen molar-refractivity contribution in [3.8, 4) is 0 Å². The second-order valence-corrected chi connectivity index (χ2v) is 3.57. The number of hydrogen-bond donors (Lipinski definition) is 1. The second-order valence-electron chi connectivity index (χ2n) is 3.57. The van der Waals surface area contributed by atoms with E-state index >= 15 is 0 Å². The van der Waals surface area contributed by atoms with Gasteiger partial charge in [-0.25, -0.2) is 0 Å². The molecule has 0 atom stereocenters. The number of ether oxygens (including phenoxy) is 2. The minimum Gasteiger partial charge on any atom is -0.385 e. The maximum Gasteiger partial charge on any atom is 0.0589 e. The summed E-state index contributed by atoms with van der Waals surface area (Å²) in [6.45, 7) is 8.75. The monoisotopic (exact) mass is 216 g/mol. The van der Waals surface area contributed by atoms with Gasteiger partial charge >= 0.3 is 0 Å². The van der Waals surface area contributed by atoms with Crippen LogP contribution in [0, 0.1) is 0 Å². The fraction of sp³-hybridized carbons (Fsp3) is 0.818. The molecule has 0 aliphatic heterocycles. The first-order valence-electron chi connectivity index (χ1n) is 5.31. The molecule has 0 fully saturated rings. The molecule has 0 rings (SSSR count). The van der Waals surface area contributed by atoms with Crippen molar-refractivity contribution in [2.75, 3.05) is 53.6 Å². The van der Waals surface area contributed by atoms with Crippen LogP contribution in [0.1, 0.15) is 6.42 Å². The molecule has 0 bridgehead atoms. The minimum absolute atomic E-state index is 0.549. The van der Waals surface area contributed by atoms with Crippen LogP contribution in [0.2, 0.25) is 0 Å². The summed E-state index contributed by atoms with van der Waals surface area (Å²) in [6.07, 6.45) is 1.03. The van der Waals surface area contributed by atoms with Crippen molar-refractivity contribution in [1.82, 2.24) is 4.90 Å². The maximum atomic E-state index is 5.52. The maximum absolute atomic E-state index is 5.52. The zero-order chi connectivity index (χ0) is 11.5. The van der Waals surface area contributed by atoms with Crippen LogP contribution in [0.3, 0.4) is 0 Å². The van der Waals surface area contributed by atoms with E-state index in [2.05, 4.69) is 11.5 Å². The Bertz CT molecular complexity index is 163. The van der Waals surface area contributed by atoms with E-state index in [0.717, 1.165) is 44.8 Å². The second kappa shape index (κ2) is 10.1. The topological polar surface area (TPSA) is 47.7 Å². The Morgan fingerprint density at radius 2 is 1.87 bits per heavy atom.